The van der Waals surface area contributed by atoms with Gasteiger partial charge in [0.1, 0.15) is 0 Å². The Bertz CT molecular complexity index is 227. The Labute approximate surface area is 70.0 Å². The van der Waals surface area contributed by atoms with Gasteiger partial charge >= 0.3 is 11.8 Å². The molecule has 12 heavy (non-hydrogen) atoms. The second kappa shape index (κ2) is 3.85. The number of carbonyl (C=O) groups is 2. The summed E-state index contributed by atoms with van der Waals surface area (Å²) in [6.07, 6.45) is 4.01. The molecule has 1 aliphatic carbocycles. The fourth-order valence-corrected chi connectivity index (χ4v) is 1.08. The van der Waals surface area contributed by atoms with E-state index in [1.165, 1.54) is 0 Å². The molecule has 2 amide bonds. The summed E-state index contributed by atoms with van der Waals surface area (Å²) in [7, 11) is 0. The van der Waals surface area contributed by atoms with E-state index in [0.717, 1.165) is 31.4 Å². The fraction of sp³-hybridized carbons (Fsp3) is 0.571. The highest BCUT2D eigenvalue weighted by Gasteiger charge is 2.10. The van der Waals surface area contributed by atoms with Crippen molar-refractivity contribution < 1.29 is 9.59 Å². The molecule has 0 heterocycles. The van der Waals surface area contributed by atoms with Crippen molar-refractivity contribution in [2.24, 2.45) is 10.8 Å². The Morgan fingerprint density at radius 1 is 1.33 bits per heavy atom. The van der Waals surface area contributed by atoms with Gasteiger partial charge in [0.15, 0.2) is 0 Å². The van der Waals surface area contributed by atoms with Crippen LogP contribution in [0.3, 0.4) is 0 Å². The summed E-state index contributed by atoms with van der Waals surface area (Å²) >= 11 is 0. The minimum Gasteiger partial charge on any atom is -0.361 e. The number of carbonyl (C=O) groups excluding carboxylic acids is 2. The molecule has 1 fully saturated rings. The van der Waals surface area contributed by atoms with Crippen molar-refractivity contribution in [3.8, 4) is 0 Å². The number of hydrogen-bond donors (Lipinski definition) is 2. The number of nitrogens with one attached hydrogen (secondary N) is 1. The van der Waals surface area contributed by atoms with Crippen molar-refractivity contribution in [2.75, 3.05) is 0 Å². The number of hydrogen-bond acceptors (Lipinski definition) is 3. The molecule has 0 aromatic heterocycles. The molecule has 0 spiro atoms. The van der Waals surface area contributed by atoms with Gasteiger partial charge in [-0.15, -0.1) is 0 Å². The van der Waals surface area contributed by atoms with E-state index in [2.05, 4.69) is 10.5 Å². The number of primary amides is 1. The summed E-state index contributed by atoms with van der Waals surface area (Å²) in [6.45, 7) is 0. The lowest BCUT2D eigenvalue weighted by molar-refractivity contribution is -0.137. The molecule has 0 aromatic carbocycles. The van der Waals surface area contributed by atoms with E-state index < -0.39 is 11.8 Å². The molecule has 1 saturated carbocycles. The summed E-state index contributed by atoms with van der Waals surface area (Å²) < 4.78 is 0. The van der Waals surface area contributed by atoms with E-state index in [1.807, 2.05) is 0 Å². The third kappa shape index (κ3) is 2.34. The second-order valence-electron chi connectivity index (χ2n) is 2.69. The quantitative estimate of drug-likeness (QED) is 0.410. The molecule has 1 aliphatic rings. The number of amides is 2. The van der Waals surface area contributed by atoms with E-state index in [-0.39, 0.29) is 0 Å². The predicted molar refractivity (Wildman–Crippen MR) is 43.2 cm³/mol. The molecule has 0 bridgehead atoms. The zero-order valence-electron chi connectivity index (χ0n) is 6.67. The fourth-order valence-electron chi connectivity index (χ4n) is 1.08. The Kier molecular flexibility index (Phi) is 2.79. The molecular weight excluding hydrogens is 158 g/mol. The van der Waals surface area contributed by atoms with Gasteiger partial charge in [0.25, 0.3) is 0 Å². The molecule has 66 valence electrons. The van der Waals surface area contributed by atoms with Crippen LogP contribution in [0.2, 0.25) is 0 Å². The van der Waals surface area contributed by atoms with Crippen LogP contribution in [0, 0.1) is 0 Å². The molecular formula is C7H11N3O2. The standard InChI is InChI=1S/C7H11N3O2/c8-6(11)7(12)10-9-5-3-1-2-4-5/h1-4H2,(H2,8,11)(H,10,12). The van der Waals surface area contributed by atoms with Crippen LogP contribution in [-0.2, 0) is 9.59 Å². The predicted octanol–water partition coefficient (Wildman–Crippen LogP) is -0.482. The minimum absolute atomic E-state index is 0.852. The first-order valence-electron chi connectivity index (χ1n) is 3.85. The normalized spacial score (nSPS) is 15.8. The zero-order valence-corrected chi connectivity index (χ0v) is 6.67. The van der Waals surface area contributed by atoms with Crippen LogP contribution in [-0.4, -0.2) is 17.5 Å². The Balaban J connectivity index is 2.37. The maximum absolute atomic E-state index is 10.6. The number of nitrogens with zero attached hydrogens (tertiary/aromatic N) is 1. The first-order chi connectivity index (χ1) is 5.70. The summed E-state index contributed by atoms with van der Waals surface area (Å²) in [5.74, 6) is -1.85. The van der Waals surface area contributed by atoms with Gasteiger partial charge in [-0.3, -0.25) is 9.59 Å². The summed E-state index contributed by atoms with van der Waals surface area (Å²) in [5, 5.41) is 3.76. The van der Waals surface area contributed by atoms with Crippen LogP contribution in [0.15, 0.2) is 5.10 Å². The second-order valence-corrected chi connectivity index (χ2v) is 2.69. The van der Waals surface area contributed by atoms with E-state index in [9.17, 15) is 9.59 Å². The Hall–Kier alpha value is -1.39. The van der Waals surface area contributed by atoms with Gasteiger partial charge in [0.2, 0.25) is 0 Å². The zero-order chi connectivity index (χ0) is 8.97. The average Bonchev–Trinajstić information content (AvgIpc) is 2.51. The van der Waals surface area contributed by atoms with E-state index in [1.54, 1.807) is 0 Å². The molecule has 3 N–H and O–H groups in total. The first kappa shape index (κ1) is 8.70. The summed E-state index contributed by atoms with van der Waals surface area (Å²) in [4.78, 5) is 20.9. The molecule has 1 rings (SSSR count). The lowest BCUT2D eigenvalue weighted by Gasteiger charge is -1.95. The molecule has 0 atom stereocenters. The van der Waals surface area contributed by atoms with Crippen molar-refractivity contribution in [3.05, 3.63) is 0 Å². The van der Waals surface area contributed by atoms with Crippen molar-refractivity contribution in [3.63, 3.8) is 0 Å². The molecule has 0 saturated heterocycles. The Morgan fingerprint density at radius 2 is 1.92 bits per heavy atom. The topological polar surface area (TPSA) is 84.5 Å². The smallest absolute Gasteiger partial charge is 0.329 e. The van der Waals surface area contributed by atoms with E-state index in [4.69, 9.17) is 5.73 Å². The van der Waals surface area contributed by atoms with Crippen LogP contribution in [0.5, 0.6) is 0 Å². The molecule has 5 nitrogen and oxygen atoms in total. The van der Waals surface area contributed by atoms with Gasteiger partial charge in [-0.2, -0.15) is 5.10 Å². The van der Waals surface area contributed by atoms with Crippen LogP contribution >= 0.6 is 0 Å². The lowest BCUT2D eigenvalue weighted by Crippen LogP contribution is -2.33. The van der Waals surface area contributed by atoms with Crippen molar-refractivity contribution >= 4 is 17.5 Å². The van der Waals surface area contributed by atoms with Gasteiger partial charge in [-0.25, -0.2) is 5.43 Å². The van der Waals surface area contributed by atoms with Gasteiger partial charge < -0.3 is 5.73 Å². The van der Waals surface area contributed by atoms with Gasteiger partial charge in [0, 0.05) is 5.71 Å². The van der Waals surface area contributed by atoms with E-state index in [0.29, 0.717) is 0 Å². The number of rotatable bonds is 1. The maximum atomic E-state index is 10.6. The van der Waals surface area contributed by atoms with Crippen molar-refractivity contribution in [2.45, 2.75) is 25.7 Å². The molecule has 0 unspecified atom stereocenters. The van der Waals surface area contributed by atoms with Crippen LogP contribution < -0.4 is 11.2 Å². The largest absolute Gasteiger partial charge is 0.361 e. The van der Waals surface area contributed by atoms with Crippen LogP contribution in [0.25, 0.3) is 0 Å². The van der Waals surface area contributed by atoms with Gasteiger partial charge in [0.05, 0.1) is 0 Å². The van der Waals surface area contributed by atoms with Gasteiger partial charge in [-0.05, 0) is 25.7 Å². The highest BCUT2D eigenvalue weighted by Crippen LogP contribution is 2.13. The molecule has 5 heteroatoms. The van der Waals surface area contributed by atoms with Crippen molar-refractivity contribution in [1.29, 1.82) is 0 Å². The highest BCUT2D eigenvalue weighted by atomic mass is 16.2. The third-order valence-electron chi connectivity index (χ3n) is 1.72. The average molecular weight is 169 g/mol. The maximum Gasteiger partial charge on any atom is 0.329 e. The first-order valence-corrected chi connectivity index (χ1v) is 3.85. The Morgan fingerprint density at radius 3 is 2.42 bits per heavy atom. The SMILES string of the molecule is NC(=O)C(=O)NN=C1CCCC1. The molecule has 0 radical (unpaired) electrons. The van der Waals surface area contributed by atoms with Crippen molar-refractivity contribution in [1.82, 2.24) is 5.43 Å². The number of nitrogens with two attached hydrogens (primary N) is 1. The summed E-state index contributed by atoms with van der Waals surface area (Å²) in [5.41, 5.74) is 7.73. The minimum atomic E-state index is -1.00. The lowest BCUT2D eigenvalue weighted by atomic mass is 10.3. The molecule has 0 aliphatic heterocycles. The van der Waals surface area contributed by atoms with Crippen LogP contribution in [0.4, 0.5) is 0 Å². The highest BCUT2D eigenvalue weighted by molar-refractivity contribution is 6.34. The number of hydrazone groups is 1. The van der Waals surface area contributed by atoms with E-state index >= 15 is 0 Å². The molecule has 0 aromatic rings. The third-order valence-corrected chi connectivity index (χ3v) is 1.72. The van der Waals surface area contributed by atoms with Crippen LogP contribution in [0.1, 0.15) is 25.7 Å². The summed E-state index contributed by atoms with van der Waals surface area (Å²) in [6, 6.07) is 0. The van der Waals surface area contributed by atoms with Gasteiger partial charge in [-0.1, -0.05) is 0 Å². The monoisotopic (exact) mass is 169 g/mol.